The Bertz CT molecular complexity index is 460. The topological polar surface area (TPSA) is 95.5 Å². The van der Waals surface area contributed by atoms with Crippen LogP contribution in [-0.4, -0.2) is 36.0 Å². The van der Waals surface area contributed by atoms with Crippen molar-refractivity contribution in [2.75, 3.05) is 13.1 Å². The van der Waals surface area contributed by atoms with E-state index >= 15 is 0 Å². The van der Waals surface area contributed by atoms with Crippen molar-refractivity contribution >= 4 is 29.1 Å². The summed E-state index contributed by atoms with van der Waals surface area (Å²) in [6.45, 7) is 0.953. The van der Waals surface area contributed by atoms with Crippen LogP contribution in [0.2, 0.25) is 0 Å². The molecule has 6 nitrogen and oxygen atoms in total. The fraction of sp³-hybridized carbons (Fsp3) is 0.500. The van der Waals surface area contributed by atoms with Crippen molar-refractivity contribution in [3.05, 3.63) is 22.4 Å². The second-order valence-corrected chi connectivity index (χ2v) is 5.35. The molecule has 0 aliphatic heterocycles. The lowest BCUT2D eigenvalue weighted by molar-refractivity contribution is -0.137. The zero-order chi connectivity index (χ0) is 15.5. The predicted molar refractivity (Wildman–Crippen MR) is 80.4 cm³/mol. The molecule has 0 aliphatic rings. The highest BCUT2D eigenvalue weighted by Gasteiger charge is 2.05. The molecule has 0 radical (unpaired) electrons. The van der Waals surface area contributed by atoms with E-state index < -0.39 is 5.97 Å². The maximum Gasteiger partial charge on any atom is 0.303 e. The smallest absolute Gasteiger partial charge is 0.303 e. The van der Waals surface area contributed by atoms with Gasteiger partial charge >= 0.3 is 5.97 Å². The van der Waals surface area contributed by atoms with Crippen LogP contribution in [0.3, 0.4) is 0 Å². The Morgan fingerprint density at radius 3 is 2.48 bits per heavy atom. The lowest BCUT2D eigenvalue weighted by Crippen LogP contribution is -2.27. The third kappa shape index (κ3) is 8.09. The van der Waals surface area contributed by atoms with E-state index in [1.54, 1.807) is 11.4 Å². The molecular weight excluding hydrogens is 292 g/mol. The number of carbonyl (C=O) groups is 3. The standard InChI is InChI=1S/C14H20N2O4S/c17-12(15-7-2-1-5-13(18)19)4-3-8-16-14(20)11-6-9-21-10-11/h6,9-10H,1-5,7-8H2,(H,15,17)(H,16,20)(H,18,19). The number of hydrogen-bond donors (Lipinski definition) is 3. The van der Waals surface area contributed by atoms with Crippen LogP contribution >= 0.6 is 11.3 Å². The molecular formula is C14H20N2O4S. The van der Waals surface area contributed by atoms with Crippen LogP contribution in [0.1, 0.15) is 42.5 Å². The first-order valence-electron chi connectivity index (χ1n) is 6.88. The molecule has 1 aromatic heterocycles. The van der Waals surface area contributed by atoms with Crippen LogP contribution in [-0.2, 0) is 9.59 Å². The van der Waals surface area contributed by atoms with Gasteiger partial charge in [-0.3, -0.25) is 14.4 Å². The van der Waals surface area contributed by atoms with E-state index in [4.69, 9.17) is 5.11 Å². The molecule has 0 aliphatic carbocycles. The van der Waals surface area contributed by atoms with Gasteiger partial charge in [-0.25, -0.2) is 0 Å². The average molecular weight is 312 g/mol. The van der Waals surface area contributed by atoms with Crippen molar-refractivity contribution in [2.24, 2.45) is 0 Å². The molecule has 7 heteroatoms. The molecule has 1 aromatic rings. The highest BCUT2D eigenvalue weighted by Crippen LogP contribution is 2.05. The van der Waals surface area contributed by atoms with Crippen molar-refractivity contribution in [1.82, 2.24) is 10.6 Å². The summed E-state index contributed by atoms with van der Waals surface area (Å²) in [6, 6.07) is 1.75. The quantitative estimate of drug-likeness (QED) is 0.572. The Labute approximate surface area is 127 Å². The van der Waals surface area contributed by atoms with Crippen LogP contribution in [0.15, 0.2) is 16.8 Å². The molecule has 3 N–H and O–H groups in total. The molecule has 21 heavy (non-hydrogen) atoms. The molecule has 0 fully saturated rings. The van der Waals surface area contributed by atoms with Gasteiger partial charge in [-0.15, -0.1) is 0 Å². The molecule has 2 amide bonds. The molecule has 0 aromatic carbocycles. The summed E-state index contributed by atoms with van der Waals surface area (Å²) in [5.74, 6) is -1.01. The van der Waals surface area contributed by atoms with Crippen LogP contribution in [0.4, 0.5) is 0 Å². The summed E-state index contributed by atoms with van der Waals surface area (Å²) < 4.78 is 0. The zero-order valence-corrected chi connectivity index (χ0v) is 12.6. The normalized spacial score (nSPS) is 10.1. The van der Waals surface area contributed by atoms with Crippen molar-refractivity contribution < 1.29 is 19.5 Å². The molecule has 1 rings (SSSR count). The van der Waals surface area contributed by atoms with Gasteiger partial charge in [0.1, 0.15) is 0 Å². The van der Waals surface area contributed by atoms with Crippen molar-refractivity contribution in [1.29, 1.82) is 0 Å². The third-order valence-corrected chi connectivity index (χ3v) is 3.47. The SMILES string of the molecule is O=C(O)CCCCNC(=O)CCCNC(=O)c1ccsc1. The lowest BCUT2D eigenvalue weighted by Gasteiger charge is -2.05. The summed E-state index contributed by atoms with van der Waals surface area (Å²) in [5.41, 5.74) is 0.642. The maximum atomic E-state index is 11.6. The number of thiophene rings is 1. The summed E-state index contributed by atoms with van der Waals surface area (Å²) in [6.07, 6.45) is 2.28. The Balaban J connectivity index is 1.98. The number of hydrogen-bond acceptors (Lipinski definition) is 4. The van der Waals surface area contributed by atoms with Crippen LogP contribution in [0.5, 0.6) is 0 Å². The fourth-order valence-corrected chi connectivity index (χ4v) is 2.30. The molecule has 0 spiro atoms. The third-order valence-electron chi connectivity index (χ3n) is 2.79. The van der Waals surface area contributed by atoms with Gasteiger partial charge in [0, 0.05) is 36.9 Å². The first-order chi connectivity index (χ1) is 10.1. The monoisotopic (exact) mass is 312 g/mol. The summed E-state index contributed by atoms with van der Waals surface area (Å²) in [4.78, 5) is 33.4. The molecule has 0 saturated heterocycles. The van der Waals surface area contributed by atoms with Gasteiger partial charge in [-0.2, -0.15) is 11.3 Å². The Hall–Kier alpha value is -1.89. The zero-order valence-electron chi connectivity index (χ0n) is 11.8. The number of unbranched alkanes of at least 4 members (excludes halogenated alkanes) is 1. The number of nitrogens with one attached hydrogen (secondary N) is 2. The predicted octanol–water partition coefficient (Wildman–Crippen LogP) is 1.63. The van der Waals surface area contributed by atoms with Gasteiger partial charge in [-0.1, -0.05) is 0 Å². The largest absolute Gasteiger partial charge is 0.481 e. The number of amides is 2. The van der Waals surface area contributed by atoms with Crippen LogP contribution < -0.4 is 10.6 Å². The highest BCUT2D eigenvalue weighted by atomic mass is 32.1. The van der Waals surface area contributed by atoms with Gasteiger partial charge in [0.2, 0.25) is 5.91 Å². The Morgan fingerprint density at radius 2 is 1.81 bits per heavy atom. The summed E-state index contributed by atoms with van der Waals surface area (Å²) in [7, 11) is 0. The molecule has 0 atom stereocenters. The van der Waals surface area contributed by atoms with Crippen molar-refractivity contribution in [3.63, 3.8) is 0 Å². The minimum atomic E-state index is -0.817. The second-order valence-electron chi connectivity index (χ2n) is 4.57. The molecule has 0 saturated carbocycles. The number of carboxylic acid groups (broad SMARTS) is 1. The van der Waals surface area contributed by atoms with E-state index in [1.165, 1.54) is 11.3 Å². The number of carbonyl (C=O) groups excluding carboxylic acids is 2. The average Bonchev–Trinajstić information content (AvgIpc) is 2.97. The van der Waals surface area contributed by atoms with Gasteiger partial charge < -0.3 is 15.7 Å². The minimum Gasteiger partial charge on any atom is -0.481 e. The molecule has 116 valence electrons. The summed E-state index contributed by atoms with van der Waals surface area (Å²) in [5, 5.41) is 17.6. The molecule has 1 heterocycles. The molecule has 0 bridgehead atoms. The van der Waals surface area contributed by atoms with Crippen LogP contribution in [0.25, 0.3) is 0 Å². The first-order valence-corrected chi connectivity index (χ1v) is 7.83. The Kier molecular flexibility index (Phi) is 8.11. The van der Waals surface area contributed by atoms with Gasteiger partial charge in [0.15, 0.2) is 0 Å². The van der Waals surface area contributed by atoms with E-state index in [2.05, 4.69) is 10.6 Å². The van der Waals surface area contributed by atoms with Crippen molar-refractivity contribution in [2.45, 2.75) is 32.1 Å². The minimum absolute atomic E-state index is 0.0740. The van der Waals surface area contributed by atoms with Crippen molar-refractivity contribution in [3.8, 4) is 0 Å². The number of carboxylic acids is 1. The van der Waals surface area contributed by atoms with Gasteiger partial charge in [0.05, 0.1) is 0 Å². The lowest BCUT2D eigenvalue weighted by atomic mass is 10.2. The summed E-state index contributed by atoms with van der Waals surface area (Å²) >= 11 is 1.47. The van der Waals surface area contributed by atoms with E-state index in [0.29, 0.717) is 44.3 Å². The van der Waals surface area contributed by atoms with Gasteiger partial charge in [-0.05, 0) is 30.7 Å². The van der Waals surface area contributed by atoms with E-state index in [9.17, 15) is 14.4 Å². The molecule has 0 unspecified atom stereocenters. The van der Waals surface area contributed by atoms with E-state index in [0.717, 1.165) is 0 Å². The van der Waals surface area contributed by atoms with Crippen LogP contribution in [0, 0.1) is 0 Å². The van der Waals surface area contributed by atoms with E-state index in [1.807, 2.05) is 5.38 Å². The number of aliphatic carboxylic acids is 1. The highest BCUT2D eigenvalue weighted by molar-refractivity contribution is 7.08. The second kappa shape index (κ2) is 9.93. The first kappa shape index (κ1) is 17.2. The fourth-order valence-electron chi connectivity index (χ4n) is 1.66. The number of rotatable bonds is 10. The van der Waals surface area contributed by atoms with Gasteiger partial charge in [0.25, 0.3) is 5.91 Å². The van der Waals surface area contributed by atoms with E-state index in [-0.39, 0.29) is 18.2 Å². The maximum absolute atomic E-state index is 11.6. The Morgan fingerprint density at radius 1 is 1.05 bits per heavy atom.